The van der Waals surface area contributed by atoms with Crippen molar-refractivity contribution >= 4 is 28.3 Å². The van der Waals surface area contributed by atoms with E-state index in [2.05, 4.69) is 150 Å². The van der Waals surface area contributed by atoms with Crippen LogP contribution in [-0.2, 0) is 0 Å². The fourth-order valence-electron chi connectivity index (χ4n) is 7.99. The lowest BCUT2D eigenvalue weighted by Crippen LogP contribution is -2.18. The molecule has 0 saturated heterocycles. The number of hydrazone groups is 1. The Balaban J connectivity index is 1.08. The molecule has 2 heterocycles. The van der Waals surface area contributed by atoms with E-state index in [9.17, 15) is 5.41 Å². The minimum absolute atomic E-state index is 0.325. The van der Waals surface area contributed by atoms with Gasteiger partial charge in [0.05, 0.1) is 22.8 Å². The summed E-state index contributed by atoms with van der Waals surface area (Å²) in [6, 6.07) is 73.3. The molecule has 0 atom stereocenters. The summed E-state index contributed by atoms with van der Waals surface area (Å²) in [5.74, 6) is 0. The Morgan fingerprint density at radius 2 is 0.841 bits per heavy atom. The largest absolute Gasteiger partial charge is 0.298 e. The van der Waals surface area contributed by atoms with E-state index >= 15 is 0 Å². The maximum atomic E-state index is 9.80. The molecule has 1 aliphatic carbocycles. The third-order valence-corrected chi connectivity index (χ3v) is 11.2. The number of hydrogen-bond acceptors (Lipinski definition) is 5. The van der Waals surface area contributed by atoms with Crippen LogP contribution >= 0.6 is 0 Å². The van der Waals surface area contributed by atoms with Crippen molar-refractivity contribution in [2.75, 3.05) is 5.43 Å². The molecular formula is C58H41N5. The van der Waals surface area contributed by atoms with Gasteiger partial charge in [0.2, 0.25) is 0 Å². The molecule has 0 saturated carbocycles. The van der Waals surface area contributed by atoms with Crippen LogP contribution in [0.3, 0.4) is 0 Å². The summed E-state index contributed by atoms with van der Waals surface area (Å²) in [5, 5.41) is 14.8. The van der Waals surface area contributed by atoms with E-state index < -0.39 is 0 Å². The second-order valence-electron chi connectivity index (χ2n) is 15.4. The Morgan fingerprint density at radius 3 is 1.33 bits per heavy atom. The van der Waals surface area contributed by atoms with Gasteiger partial charge in [-0.2, -0.15) is 5.10 Å². The predicted molar refractivity (Wildman–Crippen MR) is 262 cm³/mol. The zero-order valence-electron chi connectivity index (χ0n) is 34.4. The summed E-state index contributed by atoms with van der Waals surface area (Å²) in [7, 11) is 0. The van der Waals surface area contributed by atoms with Crippen LogP contribution in [0.5, 0.6) is 0 Å². The number of nitrogens with zero attached hydrogens (tertiary/aromatic N) is 3. The molecule has 2 N–H and O–H groups in total. The fourth-order valence-corrected chi connectivity index (χ4v) is 7.99. The number of nitrogens with one attached hydrogen (secondary N) is 2. The van der Waals surface area contributed by atoms with Crippen LogP contribution in [0.25, 0.3) is 78.2 Å². The molecule has 0 unspecified atom stereocenters. The molecule has 298 valence electrons. The number of anilines is 1. The van der Waals surface area contributed by atoms with Gasteiger partial charge in [0.1, 0.15) is 5.71 Å². The van der Waals surface area contributed by atoms with Gasteiger partial charge in [-0.25, -0.2) is 4.98 Å². The molecule has 0 aliphatic heterocycles. The van der Waals surface area contributed by atoms with E-state index in [1.807, 2.05) is 91.1 Å². The fraction of sp³-hybridized carbons (Fsp3) is 0. The summed E-state index contributed by atoms with van der Waals surface area (Å²) in [6.07, 6.45) is 7.77. The van der Waals surface area contributed by atoms with Crippen LogP contribution < -0.4 is 5.43 Å². The Kier molecular flexibility index (Phi) is 10.8. The third kappa shape index (κ3) is 8.58. The second-order valence-corrected chi connectivity index (χ2v) is 15.4. The Labute approximate surface area is 367 Å². The minimum Gasteiger partial charge on any atom is -0.298 e. The molecule has 63 heavy (non-hydrogen) atoms. The Bertz CT molecular complexity index is 3040. The smallest absolute Gasteiger partial charge is 0.109 e. The van der Waals surface area contributed by atoms with Crippen molar-refractivity contribution < 1.29 is 0 Å². The van der Waals surface area contributed by atoms with Gasteiger partial charge in [-0.3, -0.25) is 15.8 Å². The summed E-state index contributed by atoms with van der Waals surface area (Å²) in [4.78, 5) is 9.18. The zero-order chi connectivity index (χ0) is 42.4. The average molecular weight is 808 g/mol. The van der Waals surface area contributed by atoms with Crippen molar-refractivity contribution in [1.82, 2.24) is 9.97 Å². The van der Waals surface area contributed by atoms with Crippen molar-refractivity contribution in [3.8, 4) is 67.0 Å². The quantitative estimate of drug-likeness (QED) is 0.107. The van der Waals surface area contributed by atoms with E-state index in [1.54, 1.807) is 6.20 Å². The minimum atomic E-state index is 0.325. The highest BCUT2D eigenvalue weighted by molar-refractivity contribution is 6.62. The van der Waals surface area contributed by atoms with E-state index in [1.165, 1.54) is 0 Å². The average Bonchev–Trinajstić information content (AvgIpc) is 3.37. The molecule has 5 nitrogen and oxygen atoms in total. The summed E-state index contributed by atoms with van der Waals surface area (Å²) in [6.45, 7) is 0. The first-order valence-corrected chi connectivity index (χ1v) is 21.0. The number of benzene rings is 7. The highest BCUT2D eigenvalue weighted by atomic mass is 15.3. The molecule has 0 spiro atoms. The highest BCUT2D eigenvalue weighted by Crippen LogP contribution is 2.37. The molecule has 10 rings (SSSR count). The number of hydrogen-bond donors (Lipinski definition) is 2. The molecule has 5 heteroatoms. The molecule has 1 aliphatic rings. The van der Waals surface area contributed by atoms with Crippen LogP contribution in [-0.4, -0.2) is 21.4 Å². The van der Waals surface area contributed by atoms with Crippen molar-refractivity contribution in [1.29, 1.82) is 5.41 Å². The molecule has 7 aromatic carbocycles. The number of rotatable bonds is 10. The topological polar surface area (TPSA) is 74.0 Å². The SMILES string of the molecule is N=C1C(c2cc(-c3ccccc3)cc(-c3ccccc3)c2)=CC(c2cc(-c3ccccc3)cc(-c3ccccc3)c2)=C/C1=N/Nc1ccc(-c2cccc(-c3cccnc3)n2)cc1. The molecule has 0 bridgehead atoms. The molecule has 2 aromatic heterocycles. The summed E-state index contributed by atoms with van der Waals surface area (Å²) >= 11 is 0. The molecule has 9 aromatic rings. The van der Waals surface area contributed by atoms with E-state index in [-0.39, 0.29) is 0 Å². The summed E-state index contributed by atoms with van der Waals surface area (Å²) < 4.78 is 0. The van der Waals surface area contributed by atoms with Gasteiger partial charge < -0.3 is 0 Å². The van der Waals surface area contributed by atoms with E-state index in [0.717, 1.165) is 95.0 Å². The number of allylic oxidation sites excluding steroid dienone is 4. The maximum absolute atomic E-state index is 9.80. The Morgan fingerprint density at radius 1 is 0.381 bits per heavy atom. The third-order valence-electron chi connectivity index (χ3n) is 11.2. The van der Waals surface area contributed by atoms with Gasteiger partial charge in [0.25, 0.3) is 0 Å². The lowest BCUT2D eigenvalue weighted by atomic mass is 9.84. The summed E-state index contributed by atoms with van der Waals surface area (Å²) in [5.41, 5.74) is 21.2. The molecular weight excluding hydrogens is 767 g/mol. The van der Waals surface area contributed by atoms with Crippen molar-refractivity contribution in [3.63, 3.8) is 0 Å². The van der Waals surface area contributed by atoms with E-state index in [0.29, 0.717) is 11.4 Å². The normalized spacial score (nSPS) is 13.0. The van der Waals surface area contributed by atoms with Gasteiger partial charge in [0.15, 0.2) is 0 Å². The van der Waals surface area contributed by atoms with Gasteiger partial charge in [0, 0.05) is 29.1 Å². The van der Waals surface area contributed by atoms with Crippen molar-refractivity contribution in [3.05, 3.63) is 248 Å². The standard InChI is InChI=1S/C58H41N5/c59-58-54(52-35-48(42-19-9-3-10-20-42)32-49(36-52)43-21-11-4-12-22-43)37-51(50-33-46(40-15-5-1-6-16-40)31-47(34-50)41-17-7-2-8-18-41)38-57(58)63-62-53-28-26-44(27-29-53)55-24-13-25-56(61-55)45-23-14-30-60-39-45/h1-39,59,62H/b59-58?,63-57-. The monoisotopic (exact) mass is 807 g/mol. The second kappa shape index (κ2) is 17.6. The van der Waals surface area contributed by atoms with Crippen LogP contribution in [0.4, 0.5) is 5.69 Å². The Hall–Kier alpha value is -8.54. The molecule has 0 amide bonds. The van der Waals surface area contributed by atoms with Crippen molar-refractivity contribution in [2.24, 2.45) is 5.10 Å². The van der Waals surface area contributed by atoms with Gasteiger partial charge >= 0.3 is 0 Å². The van der Waals surface area contributed by atoms with Gasteiger partial charge in [-0.15, -0.1) is 0 Å². The predicted octanol–water partition coefficient (Wildman–Crippen LogP) is 14.4. The molecule has 0 radical (unpaired) electrons. The highest BCUT2D eigenvalue weighted by Gasteiger charge is 2.22. The van der Waals surface area contributed by atoms with Crippen LogP contribution in [0, 0.1) is 5.41 Å². The van der Waals surface area contributed by atoms with E-state index in [4.69, 9.17) is 10.1 Å². The van der Waals surface area contributed by atoms with Crippen LogP contribution in [0.2, 0.25) is 0 Å². The first-order valence-electron chi connectivity index (χ1n) is 21.0. The maximum Gasteiger partial charge on any atom is 0.109 e. The van der Waals surface area contributed by atoms with Crippen LogP contribution in [0.1, 0.15) is 11.1 Å². The zero-order valence-corrected chi connectivity index (χ0v) is 34.4. The first-order chi connectivity index (χ1) is 31.1. The van der Waals surface area contributed by atoms with Crippen molar-refractivity contribution in [2.45, 2.75) is 0 Å². The lowest BCUT2D eigenvalue weighted by Gasteiger charge is -2.20. The van der Waals surface area contributed by atoms with Gasteiger partial charge in [-0.05, 0) is 146 Å². The number of pyridine rings is 2. The van der Waals surface area contributed by atoms with Gasteiger partial charge in [-0.1, -0.05) is 140 Å². The first kappa shape index (κ1) is 38.6. The van der Waals surface area contributed by atoms with Crippen LogP contribution in [0.15, 0.2) is 242 Å². The number of aromatic nitrogens is 2. The lowest BCUT2D eigenvalue weighted by molar-refractivity contribution is 1.28. The molecule has 0 fully saturated rings.